The lowest BCUT2D eigenvalue weighted by atomic mass is 10.2. The molecule has 0 saturated heterocycles. The van der Waals surface area contributed by atoms with Gasteiger partial charge in [0.05, 0.1) is 6.61 Å². The van der Waals surface area contributed by atoms with Crippen LogP contribution in [0.4, 0.5) is 0 Å². The van der Waals surface area contributed by atoms with Crippen LogP contribution < -0.4 is 0 Å². The van der Waals surface area contributed by atoms with Gasteiger partial charge in [0, 0.05) is 6.08 Å². The average Bonchev–Trinajstić information content (AvgIpc) is 2.11. The van der Waals surface area contributed by atoms with E-state index in [2.05, 4.69) is 19.0 Å². The van der Waals surface area contributed by atoms with E-state index in [9.17, 15) is 4.79 Å². The lowest BCUT2D eigenvalue weighted by molar-refractivity contribution is -0.137. The number of carbonyl (C=O) groups excluding carboxylic acids is 1. The second-order valence-electron chi connectivity index (χ2n) is 3.53. The average molecular weight is 199 g/mol. The first-order valence-electron chi connectivity index (χ1n) is 5.11. The minimum Gasteiger partial charge on any atom is -0.463 e. The fraction of sp³-hybridized carbons (Fsp3) is 0.727. The molecule has 0 atom stereocenters. The van der Waals surface area contributed by atoms with Gasteiger partial charge in [-0.15, -0.1) is 0 Å². The van der Waals surface area contributed by atoms with Crippen molar-refractivity contribution in [1.82, 2.24) is 4.90 Å². The van der Waals surface area contributed by atoms with Gasteiger partial charge >= 0.3 is 5.97 Å². The highest BCUT2D eigenvalue weighted by Crippen LogP contribution is 1.97. The summed E-state index contributed by atoms with van der Waals surface area (Å²) in [7, 11) is 4.12. The zero-order valence-corrected chi connectivity index (χ0v) is 9.45. The van der Waals surface area contributed by atoms with Gasteiger partial charge in [-0.3, -0.25) is 0 Å². The summed E-state index contributed by atoms with van der Waals surface area (Å²) in [5, 5.41) is 0. The Morgan fingerprint density at radius 3 is 2.57 bits per heavy atom. The molecular weight excluding hydrogens is 178 g/mol. The second kappa shape index (κ2) is 8.75. The number of carbonyl (C=O) groups is 1. The Balaban J connectivity index is 3.17. The highest BCUT2D eigenvalue weighted by Gasteiger charge is 1.96. The lowest BCUT2D eigenvalue weighted by Gasteiger charge is -2.08. The van der Waals surface area contributed by atoms with E-state index in [1.807, 2.05) is 0 Å². The maximum absolute atomic E-state index is 10.9. The summed E-state index contributed by atoms with van der Waals surface area (Å²) < 4.78 is 4.95. The minimum atomic E-state index is -0.236. The van der Waals surface area contributed by atoms with E-state index in [1.165, 1.54) is 6.08 Å². The third-order valence-electron chi connectivity index (χ3n) is 1.80. The highest BCUT2D eigenvalue weighted by atomic mass is 16.5. The van der Waals surface area contributed by atoms with Crippen LogP contribution in [0.2, 0.25) is 0 Å². The van der Waals surface area contributed by atoms with E-state index in [0.717, 1.165) is 25.8 Å². The number of hydrogen-bond acceptors (Lipinski definition) is 3. The second-order valence-corrected chi connectivity index (χ2v) is 3.53. The molecule has 0 aromatic rings. The molecule has 0 amide bonds. The standard InChI is InChI=1S/C11H21NO2/c1-4-8-11(13)14-10-7-5-6-9-12(2)3/h4,8H,5-7,9-10H2,1-3H3/b8-4+. The minimum absolute atomic E-state index is 0.236. The van der Waals surface area contributed by atoms with E-state index in [0.29, 0.717) is 6.61 Å². The van der Waals surface area contributed by atoms with Gasteiger partial charge in [0.2, 0.25) is 0 Å². The van der Waals surface area contributed by atoms with Gasteiger partial charge in [-0.05, 0) is 46.8 Å². The molecule has 0 aromatic heterocycles. The van der Waals surface area contributed by atoms with Crippen LogP contribution in [0.15, 0.2) is 12.2 Å². The molecule has 0 spiro atoms. The van der Waals surface area contributed by atoms with Gasteiger partial charge in [0.1, 0.15) is 0 Å². The van der Waals surface area contributed by atoms with Gasteiger partial charge < -0.3 is 9.64 Å². The van der Waals surface area contributed by atoms with Crippen LogP contribution in [0.3, 0.4) is 0 Å². The van der Waals surface area contributed by atoms with Gasteiger partial charge in [-0.2, -0.15) is 0 Å². The Labute approximate surface area is 86.7 Å². The monoisotopic (exact) mass is 199 g/mol. The maximum Gasteiger partial charge on any atom is 0.330 e. The summed E-state index contributed by atoms with van der Waals surface area (Å²) in [5.74, 6) is -0.236. The van der Waals surface area contributed by atoms with E-state index in [1.54, 1.807) is 13.0 Å². The molecule has 0 aromatic carbocycles. The molecule has 0 bridgehead atoms. The number of nitrogens with zero attached hydrogens (tertiary/aromatic N) is 1. The van der Waals surface area contributed by atoms with Crippen molar-refractivity contribution in [2.75, 3.05) is 27.2 Å². The van der Waals surface area contributed by atoms with Crippen LogP contribution in [-0.4, -0.2) is 38.1 Å². The molecule has 0 unspecified atom stereocenters. The number of ether oxygens (including phenoxy) is 1. The van der Waals surface area contributed by atoms with Gasteiger partial charge in [0.25, 0.3) is 0 Å². The normalized spacial score (nSPS) is 11.1. The first-order valence-corrected chi connectivity index (χ1v) is 5.11. The van der Waals surface area contributed by atoms with Crippen molar-refractivity contribution >= 4 is 5.97 Å². The van der Waals surface area contributed by atoms with Crippen LogP contribution >= 0.6 is 0 Å². The highest BCUT2D eigenvalue weighted by molar-refractivity contribution is 5.81. The van der Waals surface area contributed by atoms with Crippen molar-refractivity contribution < 1.29 is 9.53 Å². The van der Waals surface area contributed by atoms with Crippen molar-refractivity contribution in [3.63, 3.8) is 0 Å². The molecule has 82 valence electrons. The summed E-state index contributed by atoms with van der Waals surface area (Å²) in [6, 6.07) is 0. The Bertz CT molecular complexity index is 176. The molecule has 0 heterocycles. The first-order chi connectivity index (χ1) is 6.66. The van der Waals surface area contributed by atoms with E-state index in [-0.39, 0.29) is 5.97 Å². The topological polar surface area (TPSA) is 29.5 Å². The number of hydrogen-bond donors (Lipinski definition) is 0. The fourth-order valence-electron chi connectivity index (χ4n) is 1.06. The Morgan fingerprint density at radius 2 is 2.00 bits per heavy atom. The van der Waals surface area contributed by atoms with Crippen molar-refractivity contribution in [3.05, 3.63) is 12.2 Å². The SMILES string of the molecule is C/C=C/C(=O)OCCCCCN(C)C. The molecule has 14 heavy (non-hydrogen) atoms. The van der Waals surface area contributed by atoms with Gasteiger partial charge in [0.15, 0.2) is 0 Å². The molecule has 0 aliphatic carbocycles. The van der Waals surface area contributed by atoms with E-state index >= 15 is 0 Å². The molecule has 0 fully saturated rings. The number of unbranched alkanes of at least 4 members (excludes halogenated alkanes) is 2. The Hall–Kier alpha value is -0.830. The molecule has 0 aliphatic rings. The molecular formula is C11H21NO2. The summed E-state index contributed by atoms with van der Waals surface area (Å²) in [4.78, 5) is 13.0. The zero-order valence-electron chi connectivity index (χ0n) is 9.45. The third kappa shape index (κ3) is 9.26. The summed E-state index contributed by atoms with van der Waals surface area (Å²) >= 11 is 0. The molecule has 0 N–H and O–H groups in total. The van der Waals surface area contributed by atoms with E-state index < -0.39 is 0 Å². The predicted molar refractivity (Wildman–Crippen MR) is 58.2 cm³/mol. The molecule has 3 heteroatoms. The van der Waals surface area contributed by atoms with Crippen molar-refractivity contribution in [1.29, 1.82) is 0 Å². The number of allylic oxidation sites excluding steroid dienone is 1. The Kier molecular flexibility index (Phi) is 8.24. The van der Waals surface area contributed by atoms with Crippen LogP contribution in [0, 0.1) is 0 Å². The maximum atomic E-state index is 10.9. The first kappa shape index (κ1) is 13.2. The largest absolute Gasteiger partial charge is 0.463 e. The quantitative estimate of drug-likeness (QED) is 0.356. The van der Waals surface area contributed by atoms with Crippen LogP contribution in [0.25, 0.3) is 0 Å². The molecule has 0 aliphatic heterocycles. The zero-order chi connectivity index (χ0) is 10.8. The summed E-state index contributed by atoms with van der Waals surface area (Å²) in [6.45, 7) is 3.44. The smallest absolute Gasteiger partial charge is 0.330 e. The molecule has 3 nitrogen and oxygen atoms in total. The van der Waals surface area contributed by atoms with Crippen LogP contribution in [-0.2, 0) is 9.53 Å². The molecule has 0 saturated carbocycles. The number of rotatable bonds is 7. The van der Waals surface area contributed by atoms with Gasteiger partial charge in [-0.1, -0.05) is 6.08 Å². The lowest BCUT2D eigenvalue weighted by Crippen LogP contribution is -2.13. The van der Waals surface area contributed by atoms with Crippen molar-refractivity contribution in [2.24, 2.45) is 0 Å². The predicted octanol–water partition coefficient (Wildman–Crippen LogP) is 1.84. The summed E-state index contributed by atoms with van der Waals surface area (Å²) in [6.07, 6.45) is 6.36. The fourth-order valence-corrected chi connectivity index (χ4v) is 1.06. The number of esters is 1. The van der Waals surface area contributed by atoms with Crippen LogP contribution in [0.1, 0.15) is 26.2 Å². The van der Waals surface area contributed by atoms with Crippen LogP contribution in [0.5, 0.6) is 0 Å². The van der Waals surface area contributed by atoms with Crippen molar-refractivity contribution in [2.45, 2.75) is 26.2 Å². The third-order valence-corrected chi connectivity index (χ3v) is 1.80. The van der Waals surface area contributed by atoms with Gasteiger partial charge in [-0.25, -0.2) is 4.79 Å². The van der Waals surface area contributed by atoms with Crippen molar-refractivity contribution in [3.8, 4) is 0 Å². The molecule has 0 rings (SSSR count). The Morgan fingerprint density at radius 1 is 1.29 bits per heavy atom. The molecule has 0 radical (unpaired) electrons. The summed E-state index contributed by atoms with van der Waals surface area (Å²) in [5.41, 5.74) is 0. The van der Waals surface area contributed by atoms with E-state index in [4.69, 9.17) is 4.74 Å².